The molecule has 0 unspecified atom stereocenters. The lowest BCUT2D eigenvalue weighted by Gasteiger charge is -2.20. The Morgan fingerprint density at radius 3 is 2.19 bits per heavy atom. The van der Waals surface area contributed by atoms with Crippen LogP contribution < -0.4 is 0 Å². The van der Waals surface area contributed by atoms with Gasteiger partial charge in [0, 0.05) is 17.5 Å². The summed E-state index contributed by atoms with van der Waals surface area (Å²) in [6, 6.07) is 0. The molecule has 4 nitrogen and oxygen atoms in total. The van der Waals surface area contributed by atoms with Gasteiger partial charge in [0.2, 0.25) is 0 Å². The molecule has 98 valence electrons. The van der Waals surface area contributed by atoms with Crippen LogP contribution in [0.5, 0.6) is 0 Å². The van der Waals surface area contributed by atoms with Gasteiger partial charge in [-0.1, -0.05) is 20.8 Å². The molecule has 0 aromatic rings. The van der Waals surface area contributed by atoms with Crippen molar-refractivity contribution in [1.82, 2.24) is 4.90 Å². The summed E-state index contributed by atoms with van der Waals surface area (Å²) in [5.41, 5.74) is 0. The van der Waals surface area contributed by atoms with Gasteiger partial charge in [-0.3, -0.25) is 4.57 Å². The summed E-state index contributed by atoms with van der Waals surface area (Å²) in [5.74, 6) is 0.945. The Bertz CT molecular complexity index is 218. The molecular weight excluding hydrogens is 245 g/mol. The van der Waals surface area contributed by atoms with Gasteiger partial charge in [-0.05, 0) is 19.5 Å². The van der Waals surface area contributed by atoms with Crippen molar-refractivity contribution in [3.05, 3.63) is 0 Å². The number of nitrogens with zero attached hydrogens (tertiary/aromatic N) is 1. The number of hydrogen-bond acceptors (Lipinski definition) is 3. The van der Waals surface area contributed by atoms with E-state index in [4.69, 9.17) is 9.79 Å². The molecular formula is C10H24NO3PS. The molecule has 0 radical (unpaired) electrons. The molecule has 0 aliphatic carbocycles. The van der Waals surface area contributed by atoms with E-state index in [1.165, 1.54) is 0 Å². The summed E-state index contributed by atoms with van der Waals surface area (Å²) in [6.07, 6.45) is 0.820. The zero-order valence-electron chi connectivity index (χ0n) is 10.4. The molecule has 0 saturated heterocycles. The van der Waals surface area contributed by atoms with Crippen LogP contribution in [-0.4, -0.2) is 51.5 Å². The van der Waals surface area contributed by atoms with Gasteiger partial charge >= 0.3 is 7.60 Å². The predicted octanol–water partition coefficient (Wildman–Crippen LogP) is 2.02. The summed E-state index contributed by atoms with van der Waals surface area (Å²) >= 11 is 1.67. The van der Waals surface area contributed by atoms with Gasteiger partial charge in [0.05, 0.1) is 6.16 Å². The SMILES string of the molecule is CC[C@@H](CP(=O)(O)O)SCCN(CC)CC. The van der Waals surface area contributed by atoms with Crippen LogP contribution in [0.1, 0.15) is 27.2 Å². The highest BCUT2D eigenvalue weighted by Crippen LogP contribution is 2.38. The van der Waals surface area contributed by atoms with E-state index in [1.807, 2.05) is 6.92 Å². The average Bonchev–Trinajstić information content (AvgIpc) is 2.21. The van der Waals surface area contributed by atoms with Crippen molar-refractivity contribution in [3.8, 4) is 0 Å². The zero-order chi connectivity index (χ0) is 12.6. The van der Waals surface area contributed by atoms with Crippen molar-refractivity contribution >= 4 is 19.4 Å². The smallest absolute Gasteiger partial charge is 0.324 e. The van der Waals surface area contributed by atoms with Crippen LogP contribution >= 0.6 is 19.4 Å². The summed E-state index contributed by atoms with van der Waals surface area (Å²) in [7, 11) is -3.85. The fourth-order valence-corrected chi connectivity index (χ4v) is 4.18. The number of rotatable bonds is 9. The lowest BCUT2D eigenvalue weighted by atomic mass is 10.4. The third-order valence-corrected chi connectivity index (χ3v) is 5.11. The molecule has 0 aromatic heterocycles. The van der Waals surface area contributed by atoms with Gasteiger partial charge in [0.15, 0.2) is 0 Å². The molecule has 0 aliphatic rings. The highest BCUT2D eigenvalue weighted by molar-refractivity contribution is 8.00. The van der Waals surface area contributed by atoms with Gasteiger partial charge < -0.3 is 14.7 Å². The molecule has 0 saturated carbocycles. The van der Waals surface area contributed by atoms with E-state index < -0.39 is 7.60 Å². The molecule has 0 amide bonds. The van der Waals surface area contributed by atoms with Gasteiger partial charge in [-0.25, -0.2) is 0 Å². The molecule has 1 atom stereocenters. The third-order valence-electron chi connectivity index (χ3n) is 2.55. The summed E-state index contributed by atoms with van der Waals surface area (Å²) < 4.78 is 10.9. The normalized spacial score (nSPS) is 14.4. The predicted molar refractivity (Wildman–Crippen MR) is 71.2 cm³/mol. The first-order chi connectivity index (χ1) is 7.42. The highest BCUT2D eigenvalue weighted by atomic mass is 32.2. The lowest BCUT2D eigenvalue weighted by Crippen LogP contribution is -2.26. The van der Waals surface area contributed by atoms with E-state index in [0.717, 1.165) is 31.8 Å². The average molecular weight is 269 g/mol. The van der Waals surface area contributed by atoms with Crippen LogP contribution in [0.3, 0.4) is 0 Å². The minimum absolute atomic E-state index is 0.00637. The largest absolute Gasteiger partial charge is 0.326 e. The Hall–Kier alpha value is 0.460. The Morgan fingerprint density at radius 2 is 1.81 bits per heavy atom. The van der Waals surface area contributed by atoms with Crippen LogP contribution in [0.2, 0.25) is 0 Å². The summed E-state index contributed by atoms with van der Waals surface area (Å²) in [4.78, 5) is 20.1. The maximum absolute atomic E-state index is 10.9. The van der Waals surface area contributed by atoms with Gasteiger partial charge in [0.1, 0.15) is 0 Å². The van der Waals surface area contributed by atoms with Crippen LogP contribution in [0.4, 0.5) is 0 Å². The van der Waals surface area contributed by atoms with Crippen molar-refractivity contribution in [2.45, 2.75) is 32.4 Å². The first-order valence-electron chi connectivity index (χ1n) is 5.81. The molecule has 0 aromatic carbocycles. The van der Waals surface area contributed by atoms with Crippen LogP contribution in [0.15, 0.2) is 0 Å². The molecule has 2 N–H and O–H groups in total. The molecule has 0 bridgehead atoms. The minimum atomic E-state index is -3.85. The molecule has 16 heavy (non-hydrogen) atoms. The quantitative estimate of drug-likeness (QED) is 0.627. The fourth-order valence-electron chi connectivity index (χ4n) is 1.45. The summed E-state index contributed by atoms with van der Waals surface area (Å²) in [5, 5.41) is 0.0800. The topological polar surface area (TPSA) is 60.8 Å². The second-order valence-corrected chi connectivity index (χ2v) is 6.88. The van der Waals surface area contributed by atoms with Crippen LogP contribution in [-0.2, 0) is 4.57 Å². The van der Waals surface area contributed by atoms with Gasteiger partial charge in [-0.15, -0.1) is 0 Å². The Kier molecular flexibility index (Phi) is 8.78. The second kappa shape index (κ2) is 8.54. The van der Waals surface area contributed by atoms with Crippen LogP contribution in [0, 0.1) is 0 Å². The zero-order valence-corrected chi connectivity index (χ0v) is 12.1. The lowest BCUT2D eigenvalue weighted by molar-refractivity contribution is 0.323. The third kappa shape index (κ3) is 8.59. The number of hydrogen-bond donors (Lipinski definition) is 2. The van der Waals surface area contributed by atoms with Gasteiger partial charge in [0.25, 0.3) is 0 Å². The maximum atomic E-state index is 10.9. The fraction of sp³-hybridized carbons (Fsp3) is 1.00. The van der Waals surface area contributed by atoms with Gasteiger partial charge in [-0.2, -0.15) is 11.8 Å². The molecule has 0 spiro atoms. The maximum Gasteiger partial charge on any atom is 0.326 e. The Labute approximate surface area is 103 Å². The van der Waals surface area contributed by atoms with E-state index in [-0.39, 0.29) is 11.4 Å². The van der Waals surface area contributed by atoms with E-state index in [9.17, 15) is 4.57 Å². The highest BCUT2D eigenvalue weighted by Gasteiger charge is 2.20. The second-order valence-electron chi connectivity index (χ2n) is 3.78. The first kappa shape index (κ1) is 16.5. The molecule has 0 rings (SSSR count). The first-order valence-corrected chi connectivity index (χ1v) is 8.66. The standard InChI is InChI=1S/C10H24NO3PS/c1-4-10(9-15(12,13)14)16-8-7-11(5-2)6-3/h10H,4-9H2,1-3H3,(H2,12,13,14)/t10-/m0/s1. The Balaban J connectivity index is 3.83. The molecule has 0 aliphatic heterocycles. The van der Waals surface area contributed by atoms with E-state index in [0.29, 0.717) is 0 Å². The molecule has 6 heteroatoms. The van der Waals surface area contributed by atoms with E-state index in [2.05, 4.69) is 18.7 Å². The Morgan fingerprint density at radius 1 is 1.25 bits per heavy atom. The van der Waals surface area contributed by atoms with Crippen molar-refractivity contribution in [2.24, 2.45) is 0 Å². The van der Waals surface area contributed by atoms with Crippen molar-refractivity contribution in [1.29, 1.82) is 0 Å². The van der Waals surface area contributed by atoms with Crippen molar-refractivity contribution < 1.29 is 14.4 Å². The summed E-state index contributed by atoms with van der Waals surface area (Å²) in [6.45, 7) is 9.29. The number of thioether (sulfide) groups is 1. The van der Waals surface area contributed by atoms with E-state index >= 15 is 0 Å². The van der Waals surface area contributed by atoms with Crippen molar-refractivity contribution in [3.63, 3.8) is 0 Å². The van der Waals surface area contributed by atoms with Crippen molar-refractivity contribution in [2.75, 3.05) is 31.5 Å². The molecule has 0 fully saturated rings. The van der Waals surface area contributed by atoms with E-state index in [1.54, 1.807) is 11.8 Å². The van der Waals surface area contributed by atoms with Crippen LogP contribution in [0.25, 0.3) is 0 Å². The molecule has 0 heterocycles. The monoisotopic (exact) mass is 269 g/mol. The minimum Gasteiger partial charge on any atom is -0.324 e.